The van der Waals surface area contributed by atoms with Crippen LogP contribution in [-0.4, -0.2) is 55.5 Å². The Kier molecular flexibility index (Phi) is 7.60. The number of benzene rings is 1. The molecule has 0 radical (unpaired) electrons. The van der Waals surface area contributed by atoms with Gasteiger partial charge in [-0.3, -0.25) is 9.69 Å². The Labute approximate surface area is 132 Å². The van der Waals surface area contributed by atoms with Crippen molar-refractivity contribution in [2.75, 3.05) is 39.8 Å². The molecule has 0 aromatic heterocycles. The highest BCUT2D eigenvalue weighted by Crippen LogP contribution is 2.14. The lowest BCUT2D eigenvalue weighted by atomic mass is 10.3. The van der Waals surface area contributed by atoms with Crippen LogP contribution in [0.1, 0.15) is 13.8 Å². The van der Waals surface area contributed by atoms with Crippen LogP contribution in [0.2, 0.25) is 0 Å². The van der Waals surface area contributed by atoms with Gasteiger partial charge in [-0.25, -0.2) is 4.39 Å². The third kappa shape index (κ3) is 6.26. The molecule has 4 nitrogen and oxygen atoms in total. The van der Waals surface area contributed by atoms with E-state index in [1.165, 1.54) is 6.07 Å². The number of rotatable bonds is 9. The quantitative estimate of drug-likeness (QED) is 0.657. The van der Waals surface area contributed by atoms with Crippen molar-refractivity contribution in [3.8, 4) is 5.75 Å². The zero-order valence-electron chi connectivity index (χ0n) is 13.6. The normalized spacial score (nSPS) is 10.6. The third-order valence-electron chi connectivity index (χ3n) is 3.17. The minimum atomic E-state index is -0.375. The van der Waals surface area contributed by atoms with Crippen molar-refractivity contribution in [2.24, 2.45) is 0 Å². The Morgan fingerprint density at radius 2 is 2.00 bits per heavy atom. The summed E-state index contributed by atoms with van der Waals surface area (Å²) >= 11 is 0. The monoisotopic (exact) mass is 308 g/mol. The minimum absolute atomic E-state index is 0.0545. The topological polar surface area (TPSA) is 32.8 Å². The SMILES string of the molecule is C=C(C)CN(CC)C(=O)CN(C)CCOc1ccccc1F. The van der Waals surface area contributed by atoms with E-state index in [-0.39, 0.29) is 17.5 Å². The summed E-state index contributed by atoms with van der Waals surface area (Å²) in [4.78, 5) is 15.8. The van der Waals surface area contributed by atoms with Crippen LogP contribution in [0.3, 0.4) is 0 Å². The summed E-state index contributed by atoms with van der Waals surface area (Å²) in [6.45, 7) is 10.1. The van der Waals surface area contributed by atoms with E-state index in [1.54, 1.807) is 23.1 Å². The number of ether oxygens (including phenoxy) is 1. The summed E-state index contributed by atoms with van der Waals surface area (Å²) in [6.07, 6.45) is 0. The number of amides is 1. The lowest BCUT2D eigenvalue weighted by molar-refractivity contribution is -0.131. The van der Waals surface area contributed by atoms with Crippen molar-refractivity contribution in [2.45, 2.75) is 13.8 Å². The molecule has 0 bridgehead atoms. The average Bonchev–Trinajstić information content (AvgIpc) is 2.46. The van der Waals surface area contributed by atoms with Crippen LogP contribution in [0.5, 0.6) is 5.75 Å². The van der Waals surface area contributed by atoms with Crippen molar-refractivity contribution in [3.63, 3.8) is 0 Å². The molecule has 0 aliphatic rings. The molecule has 0 unspecified atom stereocenters. The second kappa shape index (κ2) is 9.20. The molecule has 0 fully saturated rings. The van der Waals surface area contributed by atoms with Crippen LogP contribution in [0.25, 0.3) is 0 Å². The number of hydrogen-bond acceptors (Lipinski definition) is 3. The molecule has 0 saturated heterocycles. The number of likely N-dealkylation sites (N-methyl/N-ethyl adjacent to an activating group) is 2. The highest BCUT2D eigenvalue weighted by Gasteiger charge is 2.14. The first-order valence-electron chi connectivity index (χ1n) is 7.42. The van der Waals surface area contributed by atoms with Crippen molar-refractivity contribution < 1.29 is 13.9 Å². The largest absolute Gasteiger partial charge is 0.489 e. The summed E-state index contributed by atoms with van der Waals surface area (Å²) < 4.78 is 18.8. The molecule has 0 aliphatic heterocycles. The Morgan fingerprint density at radius 1 is 1.32 bits per heavy atom. The highest BCUT2D eigenvalue weighted by molar-refractivity contribution is 5.78. The average molecular weight is 308 g/mol. The predicted molar refractivity (Wildman–Crippen MR) is 86.5 cm³/mol. The predicted octanol–water partition coefficient (Wildman–Crippen LogP) is 2.56. The first kappa shape index (κ1) is 18.2. The van der Waals surface area contributed by atoms with Gasteiger partial charge in [0.2, 0.25) is 5.91 Å². The van der Waals surface area contributed by atoms with E-state index in [0.29, 0.717) is 32.8 Å². The number of halogens is 1. The van der Waals surface area contributed by atoms with E-state index >= 15 is 0 Å². The van der Waals surface area contributed by atoms with Crippen LogP contribution in [0, 0.1) is 5.82 Å². The van der Waals surface area contributed by atoms with Gasteiger partial charge in [-0.05, 0) is 33.0 Å². The molecule has 22 heavy (non-hydrogen) atoms. The van der Waals surface area contributed by atoms with E-state index < -0.39 is 0 Å². The molecule has 0 atom stereocenters. The molecule has 0 saturated carbocycles. The lowest BCUT2D eigenvalue weighted by Crippen LogP contribution is -2.40. The Hall–Kier alpha value is -1.88. The van der Waals surface area contributed by atoms with Gasteiger partial charge in [0.1, 0.15) is 6.61 Å². The second-order valence-electron chi connectivity index (χ2n) is 5.38. The molecular formula is C17H25FN2O2. The fourth-order valence-electron chi connectivity index (χ4n) is 1.99. The highest BCUT2D eigenvalue weighted by atomic mass is 19.1. The Balaban J connectivity index is 2.36. The van der Waals surface area contributed by atoms with Crippen LogP contribution < -0.4 is 4.74 Å². The van der Waals surface area contributed by atoms with E-state index in [9.17, 15) is 9.18 Å². The van der Waals surface area contributed by atoms with Gasteiger partial charge in [0.15, 0.2) is 11.6 Å². The molecule has 0 aliphatic carbocycles. The van der Waals surface area contributed by atoms with E-state index in [4.69, 9.17) is 4.74 Å². The lowest BCUT2D eigenvalue weighted by Gasteiger charge is -2.24. The van der Waals surface area contributed by atoms with Crippen LogP contribution in [0.15, 0.2) is 36.4 Å². The first-order chi connectivity index (χ1) is 10.4. The Bertz CT molecular complexity index is 505. The zero-order chi connectivity index (χ0) is 16.5. The van der Waals surface area contributed by atoms with E-state index in [2.05, 4.69) is 6.58 Å². The molecule has 0 N–H and O–H groups in total. The standard InChI is InChI=1S/C17H25FN2O2/c1-5-20(12-14(2)3)17(21)13-19(4)10-11-22-16-9-7-6-8-15(16)18/h6-9H,2,5,10-13H2,1,3-4H3. The maximum Gasteiger partial charge on any atom is 0.237 e. The molecular weight excluding hydrogens is 283 g/mol. The third-order valence-corrected chi connectivity index (χ3v) is 3.17. The maximum atomic E-state index is 13.4. The number of para-hydroxylation sites is 1. The molecule has 1 aromatic carbocycles. The van der Waals surface area contributed by atoms with Crippen molar-refractivity contribution in [1.82, 2.24) is 9.80 Å². The van der Waals surface area contributed by atoms with Gasteiger partial charge in [-0.15, -0.1) is 0 Å². The first-order valence-corrected chi connectivity index (χ1v) is 7.42. The van der Waals surface area contributed by atoms with Gasteiger partial charge in [-0.2, -0.15) is 0 Å². The summed E-state index contributed by atoms with van der Waals surface area (Å²) in [5.74, 6) is -0.0848. The zero-order valence-corrected chi connectivity index (χ0v) is 13.6. The molecule has 5 heteroatoms. The van der Waals surface area contributed by atoms with Crippen molar-refractivity contribution in [1.29, 1.82) is 0 Å². The van der Waals surface area contributed by atoms with Crippen molar-refractivity contribution >= 4 is 5.91 Å². The fraction of sp³-hybridized carbons (Fsp3) is 0.471. The smallest absolute Gasteiger partial charge is 0.237 e. The number of hydrogen-bond donors (Lipinski definition) is 0. The maximum absolute atomic E-state index is 13.4. The van der Waals surface area contributed by atoms with Gasteiger partial charge in [0.05, 0.1) is 6.54 Å². The van der Waals surface area contributed by atoms with Crippen LogP contribution in [-0.2, 0) is 4.79 Å². The number of nitrogens with zero attached hydrogens (tertiary/aromatic N) is 2. The van der Waals surface area contributed by atoms with Gasteiger partial charge in [0.25, 0.3) is 0 Å². The molecule has 1 rings (SSSR count). The van der Waals surface area contributed by atoms with Gasteiger partial charge in [-0.1, -0.05) is 24.3 Å². The van der Waals surface area contributed by atoms with E-state index in [0.717, 1.165) is 5.57 Å². The molecule has 0 heterocycles. The molecule has 1 aromatic rings. The second-order valence-corrected chi connectivity index (χ2v) is 5.38. The number of carbonyl (C=O) groups excluding carboxylic acids is 1. The molecule has 122 valence electrons. The summed E-state index contributed by atoms with van der Waals surface area (Å²) in [5.41, 5.74) is 0.959. The van der Waals surface area contributed by atoms with Gasteiger partial charge in [0, 0.05) is 19.6 Å². The summed E-state index contributed by atoms with van der Waals surface area (Å²) in [6, 6.07) is 6.29. The summed E-state index contributed by atoms with van der Waals surface area (Å²) in [7, 11) is 1.84. The minimum Gasteiger partial charge on any atom is -0.489 e. The molecule has 1 amide bonds. The van der Waals surface area contributed by atoms with E-state index in [1.807, 2.05) is 25.8 Å². The Morgan fingerprint density at radius 3 is 2.59 bits per heavy atom. The number of carbonyl (C=O) groups is 1. The van der Waals surface area contributed by atoms with Crippen molar-refractivity contribution in [3.05, 3.63) is 42.2 Å². The fourth-order valence-corrected chi connectivity index (χ4v) is 1.99. The molecule has 0 spiro atoms. The van der Waals surface area contributed by atoms with Crippen LogP contribution in [0.4, 0.5) is 4.39 Å². The van der Waals surface area contributed by atoms with Gasteiger partial charge < -0.3 is 9.64 Å². The summed E-state index contributed by atoms with van der Waals surface area (Å²) in [5, 5.41) is 0. The van der Waals surface area contributed by atoms with Crippen LogP contribution >= 0.6 is 0 Å². The van der Waals surface area contributed by atoms with Gasteiger partial charge >= 0.3 is 0 Å².